The van der Waals surface area contributed by atoms with Gasteiger partial charge in [-0.05, 0) is 72.8 Å². The number of alkyl halides is 1. The zero-order valence-electron chi connectivity index (χ0n) is 12.2. The second-order valence-corrected chi connectivity index (χ2v) is 8.01. The van der Waals surface area contributed by atoms with Crippen LogP contribution in [0.5, 0.6) is 0 Å². The van der Waals surface area contributed by atoms with Crippen LogP contribution in [0.3, 0.4) is 0 Å². The quantitative estimate of drug-likeness (QED) is 0.394. The molecule has 2 aliphatic carbocycles. The molecular weight excluding hydrogens is 355 g/mol. The van der Waals surface area contributed by atoms with E-state index in [1.165, 1.54) is 49.7 Å². The molecule has 0 amide bonds. The van der Waals surface area contributed by atoms with Crippen LogP contribution in [0.1, 0.15) is 54.9 Å². The number of aryl methyl sites for hydroxylation is 2. The van der Waals surface area contributed by atoms with Crippen LogP contribution < -0.4 is 0 Å². The van der Waals surface area contributed by atoms with Crippen molar-refractivity contribution in [1.29, 1.82) is 0 Å². The average molecular weight is 378 g/mol. The molecule has 0 aromatic heterocycles. The molecule has 2 aliphatic rings. The Bertz CT molecular complexity index is 539. The molecule has 0 spiro atoms. The second-order valence-electron chi connectivity index (χ2n) is 6.25. The highest BCUT2D eigenvalue weighted by atomic mass is 127. The molecule has 1 aromatic carbocycles. The van der Waals surface area contributed by atoms with Crippen molar-refractivity contribution in [3.63, 3.8) is 0 Å². The summed E-state index contributed by atoms with van der Waals surface area (Å²) in [4.78, 5) is 0. The minimum atomic E-state index is 0.723. The Morgan fingerprint density at radius 3 is 2.70 bits per heavy atom. The second kappa shape index (κ2) is 6.46. The first kappa shape index (κ1) is 14.4. The predicted octanol–water partition coefficient (Wildman–Crippen LogP) is 5.83. The van der Waals surface area contributed by atoms with Crippen molar-refractivity contribution in [2.24, 2.45) is 5.92 Å². The fourth-order valence-corrected chi connectivity index (χ4v) is 3.83. The van der Waals surface area contributed by atoms with E-state index in [2.05, 4.69) is 66.0 Å². The molecule has 0 saturated carbocycles. The van der Waals surface area contributed by atoms with E-state index < -0.39 is 0 Å². The first-order valence-electron chi connectivity index (χ1n) is 7.87. The Balaban J connectivity index is 2.00. The van der Waals surface area contributed by atoms with Gasteiger partial charge in [0.15, 0.2) is 0 Å². The largest absolute Gasteiger partial charge is 0.0829 e. The van der Waals surface area contributed by atoms with E-state index in [4.69, 9.17) is 0 Å². The van der Waals surface area contributed by atoms with Crippen LogP contribution >= 0.6 is 22.6 Å². The van der Waals surface area contributed by atoms with Crippen LogP contribution in [0.25, 0.3) is 12.2 Å². The van der Waals surface area contributed by atoms with Crippen LogP contribution in [0.2, 0.25) is 0 Å². The average Bonchev–Trinajstić information content (AvgIpc) is 2.40. The number of hydrogen-bond acceptors (Lipinski definition) is 0. The lowest BCUT2D eigenvalue weighted by Crippen LogP contribution is -2.05. The van der Waals surface area contributed by atoms with Crippen LogP contribution in [0.4, 0.5) is 0 Å². The van der Waals surface area contributed by atoms with Gasteiger partial charge in [0.1, 0.15) is 0 Å². The summed E-state index contributed by atoms with van der Waals surface area (Å²) in [7, 11) is 0. The maximum Gasteiger partial charge on any atom is 0.0147 e. The summed E-state index contributed by atoms with van der Waals surface area (Å²) in [6.07, 6.45) is 17.1. The highest BCUT2D eigenvalue weighted by Gasteiger charge is 2.13. The van der Waals surface area contributed by atoms with Crippen molar-refractivity contribution in [3.05, 3.63) is 46.5 Å². The maximum atomic E-state index is 2.59. The number of fused-ring (bicyclic) bond motifs is 2. The molecule has 0 fully saturated rings. The van der Waals surface area contributed by atoms with Gasteiger partial charge in [0.05, 0.1) is 0 Å². The molecule has 0 saturated heterocycles. The van der Waals surface area contributed by atoms with Gasteiger partial charge in [-0.25, -0.2) is 0 Å². The van der Waals surface area contributed by atoms with Crippen molar-refractivity contribution in [1.82, 2.24) is 0 Å². The topological polar surface area (TPSA) is 0 Å². The maximum absolute atomic E-state index is 2.59. The lowest BCUT2D eigenvalue weighted by Gasteiger charge is -2.19. The molecule has 3 rings (SSSR count). The number of benzene rings is 1. The minimum absolute atomic E-state index is 0.723. The zero-order valence-corrected chi connectivity index (χ0v) is 14.4. The van der Waals surface area contributed by atoms with E-state index in [1.807, 2.05) is 0 Å². The highest BCUT2D eigenvalue weighted by molar-refractivity contribution is 14.1. The Kier molecular flexibility index (Phi) is 4.65. The summed E-state index contributed by atoms with van der Waals surface area (Å²) in [5.74, 6) is 0.723. The fraction of sp³-hybridized carbons (Fsp3) is 0.474. The number of allylic oxidation sites excluding steroid dienone is 2. The molecule has 20 heavy (non-hydrogen) atoms. The molecule has 0 heterocycles. The Morgan fingerprint density at radius 2 is 1.80 bits per heavy atom. The smallest absolute Gasteiger partial charge is 0.0147 e. The Hall–Kier alpha value is -0.570. The van der Waals surface area contributed by atoms with Crippen molar-refractivity contribution < 1.29 is 0 Å². The summed E-state index contributed by atoms with van der Waals surface area (Å²) < 4.78 is 0.791. The third-order valence-electron chi connectivity index (χ3n) is 4.53. The SMILES string of the molecule is CC1/C=C\c2cc3c(cc2CCC1)CCC(I)CC=C3. The Labute approximate surface area is 136 Å². The van der Waals surface area contributed by atoms with E-state index >= 15 is 0 Å². The number of halogens is 1. The van der Waals surface area contributed by atoms with Gasteiger partial charge in [-0.3, -0.25) is 0 Å². The van der Waals surface area contributed by atoms with E-state index in [1.54, 1.807) is 11.1 Å². The monoisotopic (exact) mass is 378 g/mol. The van der Waals surface area contributed by atoms with Crippen molar-refractivity contribution in [2.75, 3.05) is 0 Å². The normalized spacial score (nSPS) is 27.5. The standard InChI is InChI=1S/C19H23I/c1-14-4-2-5-15-13-18-10-11-19(20)7-3-6-16(18)12-17(15)9-8-14/h3,6,8-9,12-14,19H,2,4-5,7,10-11H2,1H3/b6-3?,9-8-. The van der Waals surface area contributed by atoms with Crippen LogP contribution in [0, 0.1) is 5.92 Å². The fourth-order valence-electron chi connectivity index (χ4n) is 3.22. The van der Waals surface area contributed by atoms with E-state index in [-0.39, 0.29) is 0 Å². The molecule has 2 atom stereocenters. The van der Waals surface area contributed by atoms with Gasteiger partial charge in [-0.2, -0.15) is 0 Å². The van der Waals surface area contributed by atoms with Crippen molar-refractivity contribution in [2.45, 2.75) is 49.4 Å². The van der Waals surface area contributed by atoms with Gasteiger partial charge in [-0.1, -0.05) is 59.9 Å². The van der Waals surface area contributed by atoms with Gasteiger partial charge in [0.25, 0.3) is 0 Å². The highest BCUT2D eigenvalue weighted by Crippen LogP contribution is 2.28. The molecule has 1 heteroatoms. The molecule has 0 radical (unpaired) electrons. The predicted molar refractivity (Wildman–Crippen MR) is 97.4 cm³/mol. The summed E-state index contributed by atoms with van der Waals surface area (Å²) in [6, 6.07) is 4.91. The van der Waals surface area contributed by atoms with E-state index in [0.29, 0.717) is 0 Å². The van der Waals surface area contributed by atoms with Crippen LogP contribution in [-0.4, -0.2) is 3.92 Å². The van der Waals surface area contributed by atoms with Gasteiger partial charge in [0, 0.05) is 3.92 Å². The first-order valence-corrected chi connectivity index (χ1v) is 9.11. The minimum Gasteiger partial charge on any atom is -0.0829 e. The lowest BCUT2D eigenvalue weighted by molar-refractivity contribution is 0.604. The van der Waals surface area contributed by atoms with E-state index in [9.17, 15) is 0 Å². The van der Waals surface area contributed by atoms with Gasteiger partial charge < -0.3 is 0 Å². The summed E-state index contributed by atoms with van der Waals surface area (Å²) in [6.45, 7) is 2.33. The molecule has 0 aliphatic heterocycles. The first-order chi connectivity index (χ1) is 9.72. The zero-order chi connectivity index (χ0) is 13.9. The summed E-state index contributed by atoms with van der Waals surface area (Å²) in [5.41, 5.74) is 6.02. The lowest BCUT2D eigenvalue weighted by atomic mass is 9.88. The molecular formula is C19H23I. The van der Waals surface area contributed by atoms with Gasteiger partial charge in [0.2, 0.25) is 0 Å². The Morgan fingerprint density at radius 1 is 1.00 bits per heavy atom. The number of hydrogen-bond donors (Lipinski definition) is 0. The molecule has 0 N–H and O–H groups in total. The summed E-state index contributed by atoms with van der Waals surface area (Å²) >= 11 is 2.59. The molecule has 2 unspecified atom stereocenters. The molecule has 1 aromatic rings. The van der Waals surface area contributed by atoms with Gasteiger partial charge in [-0.15, -0.1) is 0 Å². The number of rotatable bonds is 0. The third-order valence-corrected chi connectivity index (χ3v) is 5.66. The molecule has 106 valence electrons. The summed E-state index contributed by atoms with van der Waals surface area (Å²) in [5, 5.41) is 0. The van der Waals surface area contributed by atoms with Crippen LogP contribution in [0.15, 0.2) is 24.3 Å². The van der Waals surface area contributed by atoms with Crippen molar-refractivity contribution >= 4 is 34.7 Å². The van der Waals surface area contributed by atoms with Crippen LogP contribution in [-0.2, 0) is 12.8 Å². The van der Waals surface area contributed by atoms with Gasteiger partial charge >= 0.3 is 0 Å². The van der Waals surface area contributed by atoms with Crippen molar-refractivity contribution in [3.8, 4) is 0 Å². The molecule has 0 bridgehead atoms. The third kappa shape index (κ3) is 3.36. The molecule has 0 nitrogen and oxygen atoms in total. The van der Waals surface area contributed by atoms with E-state index in [0.717, 1.165) is 9.84 Å².